The fraction of sp³-hybridized carbons (Fsp3) is 0.600. The van der Waals surface area contributed by atoms with E-state index in [-0.39, 0.29) is 29.5 Å². The van der Waals surface area contributed by atoms with Crippen molar-refractivity contribution < 1.29 is 12.8 Å². The predicted molar refractivity (Wildman–Crippen MR) is 66.5 cm³/mol. The summed E-state index contributed by atoms with van der Waals surface area (Å²) < 4.78 is 30.8. The zero-order valence-electron chi connectivity index (χ0n) is 9.57. The number of sulfonamides is 1. The monoisotopic (exact) mass is 280 g/mol. The lowest BCUT2D eigenvalue weighted by atomic mass is 10.1. The molecule has 0 saturated carbocycles. The summed E-state index contributed by atoms with van der Waals surface area (Å²) in [4.78, 5) is 0. The Hall–Kier alpha value is -0.560. The van der Waals surface area contributed by atoms with E-state index in [4.69, 9.17) is 10.2 Å². The van der Waals surface area contributed by atoms with Crippen molar-refractivity contribution in [2.75, 3.05) is 13.1 Å². The van der Waals surface area contributed by atoms with Crippen molar-refractivity contribution in [1.82, 2.24) is 4.31 Å². The highest BCUT2D eigenvalue weighted by atomic mass is 35.5. The van der Waals surface area contributed by atoms with E-state index in [9.17, 15) is 8.42 Å². The third-order valence-corrected chi connectivity index (χ3v) is 4.86. The summed E-state index contributed by atoms with van der Waals surface area (Å²) in [7, 11) is -3.48. The number of nitrogens with zero attached hydrogens (tertiary/aromatic N) is 1. The van der Waals surface area contributed by atoms with Gasteiger partial charge in [0.25, 0.3) is 10.0 Å². The smallest absolute Gasteiger partial charge is 0.276 e. The van der Waals surface area contributed by atoms with Gasteiger partial charge in [-0.1, -0.05) is 0 Å². The lowest BCUT2D eigenvalue weighted by molar-refractivity contribution is 0.373. The molecule has 2 heterocycles. The zero-order chi connectivity index (χ0) is 11.8. The van der Waals surface area contributed by atoms with Gasteiger partial charge in [0.15, 0.2) is 0 Å². The molecule has 0 spiro atoms. The van der Waals surface area contributed by atoms with Gasteiger partial charge >= 0.3 is 0 Å². The summed E-state index contributed by atoms with van der Waals surface area (Å²) in [5.41, 5.74) is 5.58. The lowest BCUT2D eigenvalue weighted by Gasteiger charge is -2.19. The molecule has 1 aromatic rings. The number of hydrogen-bond acceptors (Lipinski definition) is 4. The maximum atomic E-state index is 12.2. The molecule has 5 nitrogen and oxygen atoms in total. The molecule has 0 aliphatic carbocycles. The Morgan fingerprint density at radius 3 is 2.76 bits per heavy atom. The number of hydrogen-bond donors (Lipinski definition) is 1. The Bertz CT molecular complexity index is 446. The van der Waals surface area contributed by atoms with Crippen molar-refractivity contribution >= 4 is 22.4 Å². The Balaban J connectivity index is 0.00000144. The molecule has 7 heteroatoms. The summed E-state index contributed by atoms with van der Waals surface area (Å²) in [6.07, 6.45) is 2.18. The number of furan rings is 1. The molecule has 0 bridgehead atoms. The normalized spacial score (nSPS) is 25.8. The first kappa shape index (κ1) is 14.5. The van der Waals surface area contributed by atoms with Crippen LogP contribution in [0.2, 0.25) is 0 Å². The van der Waals surface area contributed by atoms with E-state index < -0.39 is 10.0 Å². The fourth-order valence-electron chi connectivity index (χ4n) is 2.14. The van der Waals surface area contributed by atoms with Gasteiger partial charge in [-0.05, 0) is 37.9 Å². The lowest BCUT2D eigenvalue weighted by Crippen LogP contribution is -2.34. The summed E-state index contributed by atoms with van der Waals surface area (Å²) in [5, 5.41) is 0.0111. The van der Waals surface area contributed by atoms with E-state index in [1.807, 2.05) is 6.92 Å². The molecule has 2 N–H and O–H groups in total. The second-order valence-electron chi connectivity index (χ2n) is 4.19. The Kier molecular flexibility index (Phi) is 4.60. The average Bonchev–Trinajstić information content (AvgIpc) is 2.85. The van der Waals surface area contributed by atoms with Gasteiger partial charge < -0.3 is 10.2 Å². The van der Waals surface area contributed by atoms with E-state index in [2.05, 4.69) is 0 Å². The van der Waals surface area contributed by atoms with Gasteiger partial charge in [0.1, 0.15) is 0 Å². The Morgan fingerprint density at radius 1 is 1.59 bits per heavy atom. The number of rotatable bonds is 3. The molecular weight excluding hydrogens is 264 g/mol. The quantitative estimate of drug-likeness (QED) is 0.898. The molecule has 1 fully saturated rings. The van der Waals surface area contributed by atoms with Crippen LogP contribution in [0.15, 0.2) is 27.9 Å². The number of halogens is 1. The Labute approximate surface area is 107 Å². The van der Waals surface area contributed by atoms with Crippen LogP contribution in [0.5, 0.6) is 0 Å². The first-order chi connectivity index (χ1) is 7.55. The molecule has 17 heavy (non-hydrogen) atoms. The minimum Gasteiger partial charge on any atom is -0.452 e. The third kappa shape index (κ3) is 2.65. The summed E-state index contributed by atoms with van der Waals surface area (Å²) >= 11 is 0. The van der Waals surface area contributed by atoms with Gasteiger partial charge in [-0.2, -0.15) is 4.31 Å². The molecule has 1 aromatic heterocycles. The molecular formula is C10H17ClN2O3S. The van der Waals surface area contributed by atoms with Crippen molar-refractivity contribution in [3.63, 3.8) is 0 Å². The minimum atomic E-state index is -3.48. The predicted octanol–water partition coefficient (Wildman–Crippen LogP) is 1.06. The molecule has 1 saturated heterocycles. The van der Waals surface area contributed by atoms with Crippen molar-refractivity contribution in [3.05, 3.63) is 18.4 Å². The van der Waals surface area contributed by atoms with Gasteiger partial charge in [0, 0.05) is 12.6 Å². The topological polar surface area (TPSA) is 76.5 Å². The highest BCUT2D eigenvalue weighted by Gasteiger charge is 2.38. The van der Waals surface area contributed by atoms with E-state index >= 15 is 0 Å². The van der Waals surface area contributed by atoms with Crippen molar-refractivity contribution in [1.29, 1.82) is 0 Å². The van der Waals surface area contributed by atoms with Gasteiger partial charge in [-0.15, -0.1) is 12.4 Å². The molecule has 0 aromatic carbocycles. The maximum Gasteiger partial charge on any atom is 0.276 e. The van der Waals surface area contributed by atoms with Crippen LogP contribution in [0.4, 0.5) is 0 Å². The molecule has 0 amide bonds. The van der Waals surface area contributed by atoms with E-state index in [0.29, 0.717) is 13.1 Å². The fourth-order valence-corrected chi connectivity index (χ4v) is 3.77. The van der Waals surface area contributed by atoms with Crippen molar-refractivity contribution in [2.24, 2.45) is 11.7 Å². The van der Waals surface area contributed by atoms with E-state index in [1.165, 1.54) is 16.6 Å². The van der Waals surface area contributed by atoms with Gasteiger partial charge in [-0.25, -0.2) is 8.42 Å². The first-order valence-electron chi connectivity index (χ1n) is 5.31. The summed E-state index contributed by atoms with van der Waals surface area (Å²) in [6.45, 7) is 2.91. The van der Waals surface area contributed by atoms with E-state index in [0.717, 1.165) is 6.42 Å². The minimum absolute atomic E-state index is 0. The molecule has 98 valence electrons. The van der Waals surface area contributed by atoms with E-state index in [1.54, 1.807) is 6.07 Å². The third-order valence-electron chi connectivity index (χ3n) is 3.00. The second kappa shape index (κ2) is 5.39. The highest BCUT2D eigenvalue weighted by molar-refractivity contribution is 7.89. The largest absolute Gasteiger partial charge is 0.452 e. The molecule has 2 atom stereocenters. The van der Waals surface area contributed by atoms with Crippen LogP contribution in [0.1, 0.15) is 13.3 Å². The first-order valence-corrected chi connectivity index (χ1v) is 6.75. The molecule has 1 aliphatic heterocycles. The average molecular weight is 281 g/mol. The van der Waals surface area contributed by atoms with Crippen LogP contribution in [-0.2, 0) is 10.0 Å². The number of nitrogens with two attached hydrogens (primary N) is 1. The van der Waals surface area contributed by atoms with Crippen LogP contribution >= 0.6 is 12.4 Å². The molecule has 0 radical (unpaired) electrons. The summed E-state index contributed by atoms with van der Waals surface area (Å²) in [6, 6.07) is 3.04. The molecule has 2 unspecified atom stereocenters. The van der Waals surface area contributed by atoms with Gasteiger partial charge in [0.2, 0.25) is 5.09 Å². The van der Waals surface area contributed by atoms with Crippen LogP contribution in [0, 0.1) is 5.92 Å². The van der Waals surface area contributed by atoms with Crippen molar-refractivity contribution in [3.8, 4) is 0 Å². The highest BCUT2D eigenvalue weighted by Crippen LogP contribution is 2.28. The molecule has 1 aliphatic rings. The maximum absolute atomic E-state index is 12.2. The standard InChI is InChI=1S/C10H16N2O3S.ClH/c1-8-5-9(6-11)7-12(8)16(13,14)10-3-2-4-15-10;/h2-4,8-9H,5-7,11H2,1H3;1H. The summed E-state index contributed by atoms with van der Waals surface area (Å²) in [5.74, 6) is 0.250. The van der Waals surface area contributed by atoms with Gasteiger partial charge in [-0.3, -0.25) is 0 Å². The van der Waals surface area contributed by atoms with Crippen LogP contribution in [0.3, 0.4) is 0 Å². The van der Waals surface area contributed by atoms with Crippen LogP contribution < -0.4 is 5.73 Å². The van der Waals surface area contributed by atoms with Crippen molar-refractivity contribution in [2.45, 2.75) is 24.5 Å². The second-order valence-corrected chi connectivity index (χ2v) is 6.01. The molecule has 2 rings (SSSR count). The van der Waals surface area contributed by atoms with Gasteiger partial charge in [0.05, 0.1) is 6.26 Å². The van der Waals surface area contributed by atoms with Crippen LogP contribution in [-0.4, -0.2) is 31.9 Å². The Morgan fingerprint density at radius 2 is 2.29 bits per heavy atom. The zero-order valence-corrected chi connectivity index (χ0v) is 11.2. The van der Waals surface area contributed by atoms with Crippen LogP contribution in [0.25, 0.3) is 0 Å². The SMILES string of the molecule is CC1CC(CN)CN1S(=O)(=O)c1ccco1.Cl.